The third-order valence-corrected chi connectivity index (χ3v) is 4.74. The molecule has 4 heteroatoms. The van der Waals surface area contributed by atoms with Gasteiger partial charge in [0.15, 0.2) is 0 Å². The van der Waals surface area contributed by atoms with Crippen LogP contribution in [0, 0.1) is 5.41 Å². The standard InChI is InChI=1S/C19H26N2O.ClH/c1-3-19(4-2,14-20)18(22)21-12-11-15-9-10-16-7-5-6-8-17(16)13-15;/h5-10,13H,3-4,11-12,14,20H2,1-2H3,(H,21,22);1H. The average molecular weight is 335 g/mol. The van der Waals surface area contributed by atoms with Crippen molar-refractivity contribution in [2.75, 3.05) is 13.1 Å². The quantitative estimate of drug-likeness (QED) is 0.811. The monoisotopic (exact) mass is 334 g/mol. The highest BCUT2D eigenvalue weighted by Gasteiger charge is 2.32. The molecule has 0 aromatic heterocycles. The van der Waals surface area contributed by atoms with Crippen LogP contribution in [-0.4, -0.2) is 19.0 Å². The minimum atomic E-state index is -0.413. The Morgan fingerprint density at radius 1 is 1.09 bits per heavy atom. The smallest absolute Gasteiger partial charge is 0.227 e. The lowest BCUT2D eigenvalue weighted by molar-refractivity contribution is -0.131. The number of nitrogens with two attached hydrogens (primary N) is 1. The second-order valence-corrected chi connectivity index (χ2v) is 5.88. The van der Waals surface area contributed by atoms with Gasteiger partial charge in [0.25, 0.3) is 0 Å². The highest BCUT2D eigenvalue weighted by atomic mass is 35.5. The second-order valence-electron chi connectivity index (χ2n) is 5.88. The van der Waals surface area contributed by atoms with Gasteiger partial charge >= 0.3 is 0 Å². The Morgan fingerprint density at radius 2 is 1.74 bits per heavy atom. The van der Waals surface area contributed by atoms with Crippen molar-refractivity contribution in [2.24, 2.45) is 11.1 Å². The number of benzene rings is 2. The van der Waals surface area contributed by atoms with Gasteiger partial charge in [-0.25, -0.2) is 0 Å². The van der Waals surface area contributed by atoms with Crippen LogP contribution in [0.4, 0.5) is 0 Å². The molecule has 1 amide bonds. The van der Waals surface area contributed by atoms with Gasteiger partial charge in [-0.15, -0.1) is 12.4 Å². The number of hydrogen-bond donors (Lipinski definition) is 2. The summed E-state index contributed by atoms with van der Waals surface area (Å²) in [5.74, 6) is 0.0841. The summed E-state index contributed by atoms with van der Waals surface area (Å²) in [5.41, 5.74) is 6.64. The fourth-order valence-electron chi connectivity index (χ4n) is 2.85. The molecule has 0 radical (unpaired) electrons. The molecular formula is C19H27ClN2O. The molecule has 0 unspecified atom stereocenters. The zero-order valence-electron chi connectivity index (χ0n) is 14.0. The molecule has 0 bridgehead atoms. The van der Waals surface area contributed by atoms with Crippen molar-refractivity contribution in [3.63, 3.8) is 0 Å². The van der Waals surface area contributed by atoms with E-state index in [2.05, 4.69) is 35.6 Å². The van der Waals surface area contributed by atoms with Gasteiger partial charge in [-0.05, 0) is 35.6 Å². The maximum Gasteiger partial charge on any atom is 0.227 e. The fraction of sp³-hybridized carbons (Fsp3) is 0.421. The summed E-state index contributed by atoms with van der Waals surface area (Å²) in [5, 5.41) is 5.54. The van der Waals surface area contributed by atoms with Crippen molar-refractivity contribution in [1.29, 1.82) is 0 Å². The van der Waals surface area contributed by atoms with Crippen LogP contribution in [-0.2, 0) is 11.2 Å². The van der Waals surface area contributed by atoms with E-state index in [1.54, 1.807) is 0 Å². The molecule has 0 aliphatic carbocycles. The summed E-state index contributed by atoms with van der Waals surface area (Å²) in [4.78, 5) is 12.4. The molecule has 0 aliphatic heterocycles. The Morgan fingerprint density at radius 3 is 2.35 bits per heavy atom. The first-order valence-corrected chi connectivity index (χ1v) is 8.11. The van der Waals surface area contributed by atoms with E-state index in [1.165, 1.54) is 16.3 Å². The molecule has 2 aromatic rings. The number of hydrogen-bond acceptors (Lipinski definition) is 2. The fourth-order valence-corrected chi connectivity index (χ4v) is 2.85. The van der Waals surface area contributed by atoms with Gasteiger partial charge in [0.2, 0.25) is 5.91 Å². The zero-order valence-corrected chi connectivity index (χ0v) is 14.8. The molecule has 0 spiro atoms. The lowest BCUT2D eigenvalue weighted by Gasteiger charge is -2.28. The number of rotatable bonds is 7. The predicted molar refractivity (Wildman–Crippen MR) is 100.0 cm³/mol. The van der Waals surface area contributed by atoms with Crippen molar-refractivity contribution in [3.8, 4) is 0 Å². The maximum atomic E-state index is 12.4. The van der Waals surface area contributed by atoms with Crippen molar-refractivity contribution < 1.29 is 4.79 Å². The normalized spacial score (nSPS) is 11.1. The van der Waals surface area contributed by atoms with Crippen LogP contribution >= 0.6 is 12.4 Å². The Bertz CT molecular complexity index is 630. The number of carbonyl (C=O) groups excluding carboxylic acids is 1. The van der Waals surface area contributed by atoms with Gasteiger partial charge in [-0.1, -0.05) is 56.3 Å². The Kier molecular flexibility index (Phi) is 7.53. The van der Waals surface area contributed by atoms with Gasteiger partial charge in [0, 0.05) is 13.1 Å². The highest BCUT2D eigenvalue weighted by Crippen LogP contribution is 2.24. The summed E-state index contributed by atoms with van der Waals surface area (Å²) >= 11 is 0. The van der Waals surface area contributed by atoms with Crippen LogP contribution in [0.25, 0.3) is 10.8 Å². The minimum Gasteiger partial charge on any atom is -0.355 e. The van der Waals surface area contributed by atoms with E-state index in [1.807, 2.05) is 26.0 Å². The van der Waals surface area contributed by atoms with E-state index < -0.39 is 5.41 Å². The third-order valence-electron chi connectivity index (χ3n) is 4.74. The van der Waals surface area contributed by atoms with Crippen molar-refractivity contribution >= 4 is 29.1 Å². The summed E-state index contributed by atoms with van der Waals surface area (Å²) < 4.78 is 0. The molecule has 23 heavy (non-hydrogen) atoms. The molecule has 0 fully saturated rings. The van der Waals surface area contributed by atoms with Gasteiger partial charge in [-0.2, -0.15) is 0 Å². The zero-order chi connectivity index (χ0) is 16.0. The van der Waals surface area contributed by atoms with Crippen LogP contribution in [0.15, 0.2) is 42.5 Å². The topological polar surface area (TPSA) is 55.1 Å². The van der Waals surface area contributed by atoms with E-state index in [-0.39, 0.29) is 18.3 Å². The summed E-state index contributed by atoms with van der Waals surface area (Å²) in [6.45, 7) is 5.11. The Labute approximate surface area is 145 Å². The summed E-state index contributed by atoms with van der Waals surface area (Å²) in [7, 11) is 0. The van der Waals surface area contributed by atoms with E-state index in [0.717, 1.165) is 19.3 Å². The second kappa shape index (κ2) is 8.90. The van der Waals surface area contributed by atoms with Gasteiger partial charge in [0.05, 0.1) is 5.41 Å². The number of nitrogens with one attached hydrogen (secondary N) is 1. The van der Waals surface area contributed by atoms with Crippen molar-refractivity contribution in [2.45, 2.75) is 33.1 Å². The lowest BCUT2D eigenvalue weighted by Crippen LogP contribution is -2.45. The average Bonchev–Trinajstić information content (AvgIpc) is 2.57. The molecule has 0 heterocycles. The summed E-state index contributed by atoms with van der Waals surface area (Å²) in [6.07, 6.45) is 2.40. The predicted octanol–water partition coefficient (Wildman–Crippen LogP) is 3.69. The third kappa shape index (κ3) is 4.46. The van der Waals surface area contributed by atoms with Crippen LogP contribution in [0.2, 0.25) is 0 Å². The molecule has 3 N–H and O–H groups in total. The number of halogens is 1. The number of carbonyl (C=O) groups is 1. The molecule has 0 aliphatic rings. The van der Waals surface area contributed by atoms with Crippen molar-refractivity contribution in [1.82, 2.24) is 5.32 Å². The summed E-state index contributed by atoms with van der Waals surface area (Å²) in [6, 6.07) is 14.8. The molecule has 0 atom stereocenters. The SMILES string of the molecule is CCC(CC)(CN)C(=O)NCCc1ccc2ccccc2c1.Cl. The Balaban J connectivity index is 0.00000264. The van der Waals surface area contributed by atoms with E-state index >= 15 is 0 Å². The van der Waals surface area contributed by atoms with Crippen LogP contribution in [0.3, 0.4) is 0 Å². The molecule has 2 aromatic carbocycles. The first kappa shape index (κ1) is 19.5. The van der Waals surface area contributed by atoms with E-state index in [4.69, 9.17) is 5.73 Å². The molecular weight excluding hydrogens is 308 g/mol. The largest absolute Gasteiger partial charge is 0.355 e. The first-order chi connectivity index (χ1) is 10.6. The molecule has 126 valence electrons. The molecule has 3 nitrogen and oxygen atoms in total. The Hall–Kier alpha value is -1.58. The van der Waals surface area contributed by atoms with Crippen LogP contribution < -0.4 is 11.1 Å². The maximum absolute atomic E-state index is 12.4. The van der Waals surface area contributed by atoms with Crippen LogP contribution in [0.5, 0.6) is 0 Å². The number of fused-ring (bicyclic) bond motifs is 1. The van der Waals surface area contributed by atoms with Gasteiger partial charge in [0.1, 0.15) is 0 Å². The van der Waals surface area contributed by atoms with Crippen molar-refractivity contribution in [3.05, 3.63) is 48.0 Å². The molecule has 0 saturated carbocycles. The first-order valence-electron chi connectivity index (χ1n) is 8.11. The van der Waals surface area contributed by atoms with E-state index in [0.29, 0.717) is 13.1 Å². The lowest BCUT2D eigenvalue weighted by atomic mass is 9.81. The van der Waals surface area contributed by atoms with E-state index in [9.17, 15) is 4.79 Å². The highest BCUT2D eigenvalue weighted by molar-refractivity contribution is 5.85. The van der Waals surface area contributed by atoms with Gasteiger partial charge in [-0.3, -0.25) is 4.79 Å². The minimum absolute atomic E-state index is 0. The van der Waals surface area contributed by atoms with Crippen LogP contribution in [0.1, 0.15) is 32.3 Å². The number of amides is 1. The molecule has 2 rings (SSSR count). The van der Waals surface area contributed by atoms with Gasteiger partial charge < -0.3 is 11.1 Å². The molecule has 0 saturated heterocycles.